The van der Waals surface area contributed by atoms with Crippen molar-refractivity contribution < 1.29 is 4.74 Å². The number of hydrogen-bond acceptors (Lipinski definition) is 3. The molecule has 0 aliphatic heterocycles. The van der Waals surface area contributed by atoms with Crippen LogP contribution in [-0.2, 0) is 0 Å². The molecule has 3 nitrogen and oxygen atoms in total. The highest BCUT2D eigenvalue weighted by atomic mass is 16.5. The summed E-state index contributed by atoms with van der Waals surface area (Å²) in [5.41, 5.74) is 8.28. The van der Waals surface area contributed by atoms with Gasteiger partial charge in [0.15, 0.2) is 0 Å². The van der Waals surface area contributed by atoms with Gasteiger partial charge in [-0.25, -0.2) is 0 Å². The summed E-state index contributed by atoms with van der Waals surface area (Å²) in [6.45, 7) is 13.2. The van der Waals surface area contributed by atoms with Crippen LogP contribution in [0, 0.1) is 0 Å². The lowest BCUT2D eigenvalue weighted by Gasteiger charge is -2.39. The van der Waals surface area contributed by atoms with Crippen molar-refractivity contribution in [3.63, 3.8) is 0 Å². The number of hydrogen-bond donors (Lipinski definition) is 1. The Morgan fingerprint density at radius 3 is 2.47 bits per heavy atom. The average Bonchev–Trinajstić information content (AvgIpc) is 2.33. The van der Waals surface area contributed by atoms with Crippen LogP contribution in [0.4, 0.5) is 5.69 Å². The first kappa shape index (κ1) is 15.6. The zero-order chi connectivity index (χ0) is 14.6. The molecule has 1 atom stereocenters. The van der Waals surface area contributed by atoms with Crippen molar-refractivity contribution in [3.8, 4) is 5.75 Å². The highest BCUT2D eigenvalue weighted by molar-refractivity contribution is 5.62. The Morgan fingerprint density at radius 1 is 1.42 bits per heavy atom. The van der Waals surface area contributed by atoms with E-state index in [0.717, 1.165) is 23.5 Å². The third kappa shape index (κ3) is 3.51. The second-order valence-corrected chi connectivity index (χ2v) is 5.75. The summed E-state index contributed by atoms with van der Waals surface area (Å²) in [5, 5.41) is 0. The molecule has 0 aliphatic carbocycles. The van der Waals surface area contributed by atoms with E-state index in [0.29, 0.717) is 0 Å². The van der Waals surface area contributed by atoms with E-state index in [4.69, 9.17) is 10.5 Å². The fourth-order valence-electron chi connectivity index (χ4n) is 2.27. The molecule has 1 rings (SSSR count). The molecule has 0 aromatic heterocycles. The minimum Gasteiger partial charge on any atom is -0.496 e. The molecule has 106 valence electrons. The highest BCUT2D eigenvalue weighted by Crippen LogP contribution is 2.36. The topological polar surface area (TPSA) is 38.5 Å². The summed E-state index contributed by atoms with van der Waals surface area (Å²) in [5.74, 6) is 0.839. The first-order valence-corrected chi connectivity index (χ1v) is 6.64. The number of ether oxygens (including phenoxy) is 1. The summed E-state index contributed by atoms with van der Waals surface area (Å²) in [6, 6.07) is 5.97. The van der Waals surface area contributed by atoms with Gasteiger partial charge in [0.2, 0.25) is 0 Å². The molecular weight excluding hydrogens is 236 g/mol. The van der Waals surface area contributed by atoms with Gasteiger partial charge in [-0.3, -0.25) is 0 Å². The predicted molar refractivity (Wildman–Crippen MR) is 82.9 cm³/mol. The van der Waals surface area contributed by atoms with Crippen LogP contribution in [0.1, 0.15) is 39.3 Å². The molecule has 0 spiro atoms. The number of rotatable bonds is 5. The van der Waals surface area contributed by atoms with Crippen molar-refractivity contribution >= 4 is 5.69 Å². The van der Waals surface area contributed by atoms with Crippen LogP contribution in [-0.4, -0.2) is 19.2 Å². The van der Waals surface area contributed by atoms with Gasteiger partial charge in [-0.2, -0.15) is 0 Å². The zero-order valence-electron chi connectivity index (χ0n) is 12.7. The molecule has 0 saturated heterocycles. The Hall–Kier alpha value is -1.48. The molecule has 0 radical (unpaired) electrons. The Bertz CT molecular complexity index is 433. The number of nitrogens with zero attached hydrogens (tertiary/aromatic N) is 1. The van der Waals surface area contributed by atoms with E-state index in [-0.39, 0.29) is 11.6 Å². The third-order valence-corrected chi connectivity index (χ3v) is 3.13. The largest absolute Gasteiger partial charge is 0.496 e. The minimum atomic E-state index is -0.0826. The SMILES string of the molecule is C=CCN(c1cccc(OC)c1C(C)N)C(C)(C)C. The van der Waals surface area contributed by atoms with E-state index < -0.39 is 0 Å². The monoisotopic (exact) mass is 262 g/mol. The second kappa shape index (κ2) is 6.11. The maximum absolute atomic E-state index is 6.14. The van der Waals surface area contributed by atoms with Gasteiger partial charge in [0.1, 0.15) is 5.75 Å². The lowest BCUT2D eigenvalue weighted by Crippen LogP contribution is -2.42. The Kier molecular flexibility index (Phi) is 5.01. The summed E-state index contributed by atoms with van der Waals surface area (Å²) in [4.78, 5) is 2.29. The van der Waals surface area contributed by atoms with Gasteiger partial charge in [0, 0.05) is 29.4 Å². The van der Waals surface area contributed by atoms with E-state index in [1.54, 1.807) is 7.11 Å². The molecule has 1 aromatic carbocycles. The molecule has 1 aromatic rings. The van der Waals surface area contributed by atoms with Gasteiger partial charge in [-0.05, 0) is 39.8 Å². The summed E-state index contributed by atoms with van der Waals surface area (Å²) < 4.78 is 5.46. The van der Waals surface area contributed by atoms with E-state index in [1.807, 2.05) is 25.1 Å². The summed E-state index contributed by atoms with van der Waals surface area (Å²) in [7, 11) is 1.68. The molecule has 0 saturated carbocycles. The van der Waals surface area contributed by atoms with Gasteiger partial charge < -0.3 is 15.4 Å². The van der Waals surface area contributed by atoms with Gasteiger partial charge >= 0.3 is 0 Å². The van der Waals surface area contributed by atoms with E-state index in [2.05, 4.69) is 38.3 Å². The van der Waals surface area contributed by atoms with E-state index in [1.165, 1.54) is 0 Å². The maximum Gasteiger partial charge on any atom is 0.125 e. The lowest BCUT2D eigenvalue weighted by atomic mass is 9.99. The van der Waals surface area contributed by atoms with Crippen LogP contribution in [0.25, 0.3) is 0 Å². The molecule has 3 heteroatoms. The minimum absolute atomic E-state index is 0.00973. The molecule has 1 unspecified atom stereocenters. The lowest BCUT2D eigenvalue weighted by molar-refractivity contribution is 0.406. The molecule has 0 aliphatic rings. The normalized spacial score (nSPS) is 12.9. The van der Waals surface area contributed by atoms with Crippen LogP contribution < -0.4 is 15.4 Å². The van der Waals surface area contributed by atoms with Crippen molar-refractivity contribution in [2.24, 2.45) is 5.73 Å². The second-order valence-electron chi connectivity index (χ2n) is 5.75. The molecule has 0 bridgehead atoms. The summed E-state index contributed by atoms with van der Waals surface area (Å²) >= 11 is 0. The standard InChI is InChI=1S/C16H26N2O/c1-7-11-18(16(3,4)5)13-9-8-10-14(19-6)15(13)12(2)17/h7-10,12H,1,11,17H2,2-6H3. The van der Waals surface area contributed by atoms with E-state index >= 15 is 0 Å². The average molecular weight is 262 g/mol. The Labute approximate surface area is 117 Å². The van der Waals surface area contributed by atoms with Crippen molar-refractivity contribution in [2.75, 3.05) is 18.6 Å². The van der Waals surface area contributed by atoms with Crippen molar-refractivity contribution in [3.05, 3.63) is 36.4 Å². The fraction of sp³-hybridized carbons (Fsp3) is 0.500. The highest BCUT2D eigenvalue weighted by Gasteiger charge is 2.25. The fourth-order valence-corrected chi connectivity index (χ4v) is 2.27. The quantitative estimate of drug-likeness (QED) is 0.825. The molecule has 0 amide bonds. The van der Waals surface area contributed by atoms with Gasteiger partial charge in [-0.15, -0.1) is 6.58 Å². The maximum atomic E-state index is 6.14. The Morgan fingerprint density at radius 2 is 2.05 bits per heavy atom. The number of methoxy groups -OCH3 is 1. The van der Waals surface area contributed by atoms with Crippen molar-refractivity contribution in [1.29, 1.82) is 0 Å². The van der Waals surface area contributed by atoms with E-state index in [9.17, 15) is 0 Å². The van der Waals surface area contributed by atoms with Gasteiger partial charge in [0.25, 0.3) is 0 Å². The number of anilines is 1. The van der Waals surface area contributed by atoms with Gasteiger partial charge in [-0.1, -0.05) is 12.1 Å². The van der Waals surface area contributed by atoms with Crippen LogP contribution >= 0.6 is 0 Å². The molecular formula is C16H26N2O. The first-order chi connectivity index (χ1) is 8.82. The third-order valence-electron chi connectivity index (χ3n) is 3.13. The molecule has 19 heavy (non-hydrogen) atoms. The Balaban J connectivity index is 3.41. The van der Waals surface area contributed by atoms with Crippen molar-refractivity contribution in [1.82, 2.24) is 0 Å². The first-order valence-electron chi connectivity index (χ1n) is 6.64. The van der Waals surface area contributed by atoms with Crippen LogP contribution in [0.15, 0.2) is 30.9 Å². The number of benzene rings is 1. The van der Waals surface area contributed by atoms with Crippen LogP contribution in [0.2, 0.25) is 0 Å². The van der Waals surface area contributed by atoms with Crippen LogP contribution in [0.5, 0.6) is 5.75 Å². The number of nitrogens with two attached hydrogens (primary N) is 1. The van der Waals surface area contributed by atoms with Gasteiger partial charge in [0.05, 0.1) is 7.11 Å². The molecule has 0 heterocycles. The predicted octanol–water partition coefficient (Wildman–Crippen LogP) is 3.51. The summed E-state index contributed by atoms with van der Waals surface area (Å²) in [6.07, 6.45) is 1.91. The van der Waals surface area contributed by atoms with Crippen LogP contribution in [0.3, 0.4) is 0 Å². The van der Waals surface area contributed by atoms with Crippen molar-refractivity contribution in [2.45, 2.75) is 39.3 Å². The molecule has 2 N–H and O–H groups in total. The zero-order valence-corrected chi connectivity index (χ0v) is 12.7. The molecule has 0 fully saturated rings. The smallest absolute Gasteiger partial charge is 0.125 e.